The monoisotopic (exact) mass is 429 g/mol. The highest BCUT2D eigenvalue weighted by Gasteiger charge is 2.32. The van der Waals surface area contributed by atoms with Gasteiger partial charge in [0, 0.05) is 17.5 Å². The van der Waals surface area contributed by atoms with Gasteiger partial charge in [-0.3, -0.25) is 4.79 Å². The topological polar surface area (TPSA) is 119 Å². The largest absolute Gasteiger partial charge is 0.618 e. The van der Waals surface area contributed by atoms with Gasteiger partial charge in [-0.05, 0) is 32.9 Å². The molecule has 31 heavy (non-hydrogen) atoms. The molecule has 0 saturated carbocycles. The molecule has 1 heterocycles. The molecule has 2 aromatic rings. The Morgan fingerprint density at radius 2 is 1.90 bits per heavy atom. The number of carbonyl (C=O) groups excluding carboxylic acids is 1. The molecular formula is C22H24FN3O5. The highest BCUT2D eigenvalue weighted by Crippen LogP contribution is 2.28. The van der Waals surface area contributed by atoms with Crippen molar-refractivity contribution < 1.29 is 28.6 Å². The van der Waals surface area contributed by atoms with Crippen LogP contribution in [0.25, 0.3) is 0 Å². The van der Waals surface area contributed by atoms with Gasteiger partial charge in [0.2, 0.25) is 11.6 Å². The van der Waals surface area contributed by atoms with Crippen LogP contribution in [0.5, 0.6) is 11.5 Å². The second kappa shape index (κ2) is 8.60. The smallest absolute Gasteiger partial charge is 0.308 e. The quantitative estimate of drug-likeness (QED) is 0.197. The van der Waals surface area contributed by atoms with Crippen LogP contribution in [0, 0.1) is 27.8 Å². The fraction of sp³-hybridized carbons (Fsp3) is 0.364. The number of carbonyl (C=O) groups is 1. The van der Waals surface area contributed by atoms with Gasteiger partial charge in [0.05, 0.1) is 11.1 Å². The summed E-state index contributed by atoms with van der Waals surface area (Å²) in [7, 11) is 0. The number of phenols is 1. The number of aromatic hydroxyl groups is 1. The van der Waals surface area contributed by atoms with E-state index in [-0.39, 0.29) is 16.4 Å². The number of ketones is 1. The van der Waals surface area contributed by atoms with Gasteiger partial charge in [-0.15, -0.1) is 0 Å². The van der Waals surface area contributed by atoms with Gasteiger partial charge in [0.1, 0.15) is 23.2 Å². The summed E-state index contributed by atoms with van der Waals surface area (Å²) in [6.45, 7) is 10.8. The lowest BCUT2D eigenvalue weighted by Crippen LogP contribution is -2.37. The van der Waals surface area contributed by atoms with Crippen LogP contribution < -0.4 is 9.47 Å². The molecule has 164 valence electrons. The summed E-state index contributed by atoms with van der Waals surface area (Å²) in [5.41, 5.74) is -2.68. The number of rotatable bonds is 4. The zero-order chi connectivity index (χ0) is 23.6. The number of oxime groups is 1. The highest BCUT2D eigenvalue weighted by molar-refractivity contribution is 6.10. The Morgan fingerprint density at radius 1 is 1.26 bits per heavy atom. The van der Waals surface area contributed by atoms with E-state index in [4.69, 9.17) is 14.8 Å². The second-order valence-electron chi connectivity index (χ2n) is 8.79. The molecule has 0 unspecified atom stereocenters. The van der Waals surface area contributed by atoms with Crippen molar-refractivity contribution in [3.63, 3.8) is 0 Å². The minimum absolute atomic E-state index is 0.0953. The Balaban J connectivity index is 2.57. The van der Waals surface area contributed by atoms with Gasteiger partial charge in [-0.2, -0.15) is 9.99 Å². The lowest BCUT2D eigenvalue weighted by atomic mass is 9.96. The lowest BCUT2D eigenvalue weighted by molar-refractivity contribution is -0.607. The first-order chi connectivity index (χ1) is 14.2. The van der Waals surface area contributed by atoms with E-state index < -0.39 is 45.2 Å². The van der Waals surface area contributed by atoms with Crippen LogP contribution in [0.1, 0.15) is 63.2 Å². The van der Waals surface area contributed by atoms with Gasteiger partial charge in [0.25, 0.3) is 5.78 Å². The molecule has 0 aliphatic heterocycles. The molecule has 0 bridgehead atoms. The highest BCUT2D eigenvalue weighted by atomic mass is 19.1. The van der Waals surface area contributed by atoms with E-state index in [0.29, 0.717) is 6.07 Å². The number of benzene rings is 1. The first kappa shape index (κ1) is 23.6. The number of aromatic nitrogens is 1. The first-order valence-electron chi connectivity index (χ1n) is 9.38. The second-order valence-corrected chi connectivity index (χ2v) is 8.79. The van der Waals surface area contributed by atoms with Crippen molar-refractivity contribution in [3.8, 4) is 17.6 Å². The van der Waals surface area contributed by atoms with Crippen LogP contribution in [-0.2, 0) is 4.84 Å². The van der Waals surface area contributed by atoms with E-state index in [2.05, 4.69) is 5.16 Å². The lowest BCUT2D eigenvalue weighted by Gasteiger charge is -2.23. The molecular weight excluding hydrogens is 405 g/mol. The molecule has 0 atom stereocenters. The Hall–Kier alpha value is -3.67. The molecule has 0 radical (unpaired) electrons. The van der Waals surface area contributed by atoms with Gasteiger partial charge in [-0.25, -0.2) is 4.39 Å². The fourth-order valence-corrected chi connectivity index (χ4v) is 2.31. The van der Waals surface area contributed by atoms with E-state index in [9.17, 15) is 19.5 Å². The maximum absolute atomic E-state index is 14.0. The van der Waals surface area contributed by atoms with Crippen molar-refractivity contribution in [1.82, 2.24) is 0 Å². The molecule has 0 spiro atoms. The Kier molecular flexibility index (Phi) is 6.55. The maximum atomic E-state index is 14.0. The zero-order valence-corrected chi connectivity index (χ0v) is 18.2. The summed E-state index contributed by atoms with van der Waals surface area (Å²) in [5.74, 6) is -2.69. The van der Waals surface area contributed by atoms with Crippen LogP contribution in [0.3, 0.4) is 0 Å². The van der Waals surface area contributed by atoms with Crippen LogP contribution in [-0.4, -0.2) is 22.4 Å². The average molecular weight is 429 g/mol. The average Bonchev–Trinajstić information content (AvgIpc) is 2.64. The normalized spacial score (nSPS) is 12.3. The third kappa shape index (κ3) is 5.69. The molecule has 0 aliphatic rings. The van der Waals surface area contributed by atoms with Crippen molar-refractivity contribution in [2.24, 2.45) is 10.6 Å². The third-order valence-corrected chi connectivity index (χ3v) is 3.84. The SMILES string of the molecule is CC(C)(C)ON=C(Oc1ccc[n+]([O-])c1C(=O)c1cc(F)c(C#N)cc1O)C(C)(C)C. The number of phenolic OH excluding ortho intramolecular Hbond substituents is 1. The van der Waals surface area contributed by atoms with Crippen molar-refractivity contribution in [1.29, 1.82) is 5.26 Å². The van der Waals surface area contributed by atoms with Crippen molar-refractivity contribution in [2.75, 3.05) is 0 Å². The fourth-order valence-electron chi connectivity index (χ4n) is 2.31. The first-order valence-corrected chi connectivity index (χ1v) is 9.38. The molecule has 0 saturated heterocycles. The predicted octanol–water partition coefficient (Wildman–Crippen LogP) is 3.82. The van der Waals surface area contributed by atoms with Gasteiger partial charge in [0.15, 0.2) is 6.20 Å². The number of hydrogen-bond acceptors (Lipinski definition) is 7. The van der Waals surface area contributed by atoms with E-state index >= 15 is 0 Å². The van der Waals surface area contributed by atoms with Crippen LogP contribution >= 0.6 is 0 Å². The van der Waals surface area contributed by atoms with Crippen LogP contribution in [0.15, 0.2) is 35.6 Å². The third-order valence-electron chi connectivity index (χ3n) is 3.84. The van der Waals surface area contributed by atoms with E-state index in [1.807, 2.05) is 0 Å². The number of ether oxygens (including phenoxy) is 1. The number of nitriles is 1. The molecule has 1 aromatic heterocycles. The van der Waals surface area contributed by atoms with E-state index in [1.165, 1.54) is 12.1 Å². The molecule has 0 amide bonds. The van der Waals surface area contributed by atoms with Gasteiger partial charge < -0.3 is 19.9 Å². The Morgan fingerprint density at radius 3 is 2.45 bits per heavy atom. The summed E-state index contributed by atoms with van der Waals surface area (Å²) in [4.78, 5) is 18.5. The molecule has 2 rings (SSSR count). The summed E-state index contributed by atoms with van der Waals surface area (Å²) in [6.07, 6.45) is 1.07. The van der Waals surface area contributed by atoms with Gasteiger partial charge in [-0.1, -0.05) is 25.9 Å². The molecule has 0 fully saturated rings. The van der Waals surface area contributed by atoms with Crippen molar-refractivity contribution >= 4 is 11.7 Å². The predicted molar refractivity (Wildman–Crippen MR) is 110 cm³/mol. The summed E-state index contributed by atoms with van der Waals surface area (Å²) < 4.78 is 20.1. The van der Waals surface area contributed by atoms with Crippen molar-refractivity contribution in [2.45, 2.75) is 47.1 Å². The zero-order valence-electron chi connectivity index (χ0n) is 18.2. The molecule has 8 nitrogen and oxygen atoms in total. The number of nitrogens with zero attached hydrogens (tertiary/aromatic N) is 3. The number of hydrogen-bond donors (Lipinski definition) is 1. The molecule has 1 aromatic carbocycles. The summed E-state index contributed by atoms with van der Waals surface area (Å²) in [5, 5.41) is 35.5. The maximum Gasteiger partial charge on any atom is 0.308 e. The van der Waals surface area contributed by atoms with Crippen LogP contribution in [0.2, 0.25) is 0 Å². The Bertz CT molecular complexity index is 1080. The molecule has 1 N–H and O–H groups in total. The molecule has 0 aliphatic carbocycles. The summed E-state index contributed by atoms with van der Waals surface area (Å²) >= 11 is 0. The summed E-state index contributed by atoms with van der Waals surface area (Å²) in [6, 6.07) is 5.83. The number of pyridine rings is 1. The van der Waals surface area contributed by atoms with Crippen molar-refractivity contribution in [3.05, 3.63) is 58.3 Å². The number of halogens is 1. The Labute approximate surface area is 179 Å². The molecule has 9 heteroatoms. The minimum atomic E-state index is -1.00. The minimum Gasteiger partial charge on any atom is -0.618 e. The van der Waals surface area contributed by atoms with E-state index in [1.54, 1.807) is 47.6 Å². The standard InChI is InChI=1S/C22H24FN3O5/c1-21(2,3)20(25-31-22(4,5)6)30-17-8-7-9-26(29)18(17)19(28)14-11-15(23)13(12-24)10-16(14)27/h7-11,27H,1-6H3. The van der Waals surface area contributed by atoms with Crippen LogP contribution in [0.4, 0.5) is 4.39 Å². The van der Waals surface area contributed by atoms with E-state index in [0.717, 1.165) is 12.3 Å². The van der Waals surface area contributed by atoms with Gasteiger partial charge >= 0.3 is 5.69 Å².